The van der Waals surface area contributed by atoms with Crippen LogP contribution in [0.15, 0.2) is 35.3 Å². The van der Waals surface area contributed by atoms with E-state index in [0.717, 1.165) is 38.7 Å². The lowest BCUT2D eigenvalue weighted by molar-refractivity contribution is 0.107. The van der Waals surface area contributed by atoms with Gasteiger partial charge in [-0.3, -0.25) is 9.89 Å². The van der Waals surface area contributed by atoms with Gasteiger partial charge in [0.05, 0.1) is 0 Å². The Kier molecular flexibility index (Phi) is 7.53. The third kappa shape index (κ3) is 5.49. The molecular formula is C19H33N5. The molecule has 0 amide bonds. The van der Waals surface area contributed by atoms with Crippen LogP contribution in [0.2, 0.25) is 0 Å². The zero-order valence-corrected chi connectivity index (χ0v) is 15.7. The van der Waals surface area contributed by atoms with Crippen molar-refractivity contribution < 1.29 is 0 Å². The van der Waals surface area contributed by atoms with Crippen molar-refractivity contribution >= 4 is 5.96 Å². The van der Waals surface area contributed by atoms with Crippen molar-refractivity contribution in [2.45, 2.75) is 26.4 Å². The van der Waals surface area contributed by atoms with E-state index in [4.69, 9.17) is 0 Å². The molecule has 0 spiro atoms. The molecule has 0 radical (unpaired) electrons. The van der Waals surface area contributed by atoms with Gasteiger partial charge in [-0.1, -0.05) is 37.3 Å². The van der Waals surface area contributed by atoms with E-state index in [9.17, 15) is 0 Å². The summed E-state index contributed by atoms with van der Waals surface area (Å²) in [6.45, 7) is 12.2. The molecule has 5 heteroatoms. The van der Waals surface area contributed by atoms with Crippen LogP contribution in [-0.2, 0) is 6.54 Å². The Morgan fingerprint density at radius 1 is 1.21 bits per heavy atom. The van der Waals surface area contributed by atoms with E-state index in [1.165, 1.54) is 18.7 Å². The Balaban J connectivity index is 1.78. The number of rotatable bonds is 6. The number of aliphatic imine (C=N–C) groups is 1. The molecule has 1 aliphatic rings. The number of nitrogens with zero attached hydrogens (tertiary/aromatic N) is 4. The van der Waals surface area contributed by atoms with E-state index in [2.05, 4.69) is 76.2 Å². The lowest BCUT2D eigenvalue weighted by Crippen LogP contribution is -2.53. The normalized spacial score (nSPS) is 18.4. The van der Waals surface area contributed by atoms with E-state index >= 15 is 0 Å². The summed E-state index contributed by atoms with van der Waals surface area (Å²) in [5.41, 5.74) is 1.30. The van der Waals surface area contributed by atoms with Crippen molar-refractivity contribution in [3.63, 3.8) is 0 Å². The number of hydrogen-bond acceptors (Lipinski definition) is 3. The summed E-state index contributed by atoms with van der Waals surface area (Å²) in [6.07, 6.45) is 0. The van der Waals surface area contributed by atoms with Crippen LogP contribution in [0.3, 0.4) is 0 Å². The molecule has 0 aliphatic carbocycles. The maximum absolute atomic E-state index is 4.43. The number of benzene rings is 1. The summed E-state index contributed by atoms with van der Waals surface area (Å²) in [5.74, 6) is 0.956. The molecule has 0 bridgehead atoms. The van der Waals surface area contributed by atoms with Crippen LogP contribution >= 0.6 is 0 Å². The molecular weight excluding hydrogens is 298 g/mol. The van der Waals surface area contributed by atoms with E-state index in [1.54, 1.807) is 0 Å². The Hall–Kier alpha value is -1.59. The topological polar surface area (TPSA) is 34.1 Å². The summed E-state index contributed by atoms with van der Waals surface area (Å²) in [7, 11) is 3.95. The molecule has 1 atom stereocenters. The van der Waals surface area contributed by atoms with Crippen LogP contribution in [0.4, 0.5) is 0 Å². The van der Waals surface area contributed by atoms with E-state index in [-0.39, 0.29) is 0 Å². The van der Waals surface area contributed by atoms with Gasteiger partial charge >= 0.3 is 0 Å². The van der Waals surface area contributed by atoms with Crippen molar-refractivity contribution in [3.8, 4) is 0 Å². The van der Waals surface area contributed by atoms with Gasteiger partial charge in [0.1, 0.15) is 0 Å². The van der Waals surface area contributed by atoms with Crippen LogP contribution in [0.5, 0.6) is 0 Å². The van der Waals surface area contributed by atoms with Gasteiger partial charge in [-0.25, -0.2) is 0 Å². The average Bonchev–Trinajstić information content (AvgIpc) is 2.63. The van der Waals surface area contributed by atoms with Crippen molar-refractivity contribution in [2.75, 3.05) is 53.4 Å². The highest BCUT2D eigenvalue weighted by atomic mass is 15.3. The molecule has 1 saturated heterocycles. The number of piperazine rings is 1. The summed E-state index contributed by atoms with van der Waals surface area (Å²) in [5, 5.41) is 3.53. The van der Waals surface area contributed by atoms with Gasteiger partial charge < -0.3 is 15.1 Å². The molecule has 5 nitrogen and oxygen atoms in total. The van der Waals surface area contributed by atoms with Gasteiger partial charge in [-0.15, -0.1) is 0 Å². The van der Waals surface area contributed by atoms with Gasteiger partial charge in [0.25, 0.3) is 0 Å². The third-order valence-electron chi connectivity index (χ3n) is 4.87. The number of nitrogens with one attached hydrogen (secondary N) is 1. The monoisotopic (exact) mass is 331 g/mol. The average molecular weight is 332 g/mol. The van der Waals surface area contributed by atoms with Crippen LogP contribution in [0.25, 0.3) is 0 Å². The molecule has 1 aromatic rings. The molecule has 0 saturated carbocycles. The highest BCUT2D eigenvalue weighted by Gasteiger charge is 2.20. The number of hydrogen-bond donors (Lipinski definition) is 1. The minimum Gasteiger partial charge on any atom is -0.355 e. The zero-order valence-electron chi connectivity index (χ0n) is 15.7. The molecule has 1 heterocycles. The molecule has 134 valence electrons. The SMILES string of the molecule is CCN1CCN(C(C)CNC(=NC)N(C)Cc2ccccc2)CC1. The molecule has 2 rings (SSSR count). The van der Waals surface area contributed by atoms with Gasteiger partial charge in [0.15, 0.2) is 5.96 Å². The lowest BCUT2D eigenvalue weighted by Gasteiger charge is -2.38. The molecule has 24 heavy (non-hydrogen) atoms. The summed E-state index contributed by atoms with van der Waals surface area (Å²) in [4.78, 5) is 11.7. The van der Waals surface area contributed by atoms with Crippen molar-refractivity contribution in [2.24, 2.45) is 4.99 Å². The van der Waals surface area contributed by atoms with Gasteiger partial charge in [-0.05, 0) is 19.0 Å². The first kappa shape index (κ1) is 18.7. The summed E-state index contributed by atoms with van der Waals surface area (Å²) in [6, 6.07) is 11.0. The third-order valence-corrected chi connectivity index (χ3v) is 4.87. The number of likely N-dealkylation sites (N-methyl/N-ethyl adjacent to an activating group) is 1. The fourth-order valence-electron chi connectivity index (χ4n) is 3.21. The van der Waals surface area contributed by atoms with Gasteiger partial charge in [-0.2, -0.15) is 0 Å². The first-order chi connectivity index (χ1) is 11.6. The molecule has 1 aromatic carbocycles. The van der Waals surface area contributed by atoms with Gasteiger partial charge in [0.2, 0.25) is 0 Å². The van der Waals surface area contributed by atoms with Crippen LogP contribution in [0.1, 0.15) is 19.4 Å². The second-order valence-electron chi connectivity index (χ2n) is 6.59. The smallest absolute Gasteiger partial charge is 0.193 e. The molecule has 0 aromatic heterocycles. The molecule has 1 fully saturated rings. The molecule has 1 N–H and O–H groups in total. The lowest BCUT2D eigenvalue weighted by atomic mass is 10.2. The predicted molar refractivity (Wildman–Crippen MR) is 102 cm³/mol. The quantitative estimate of drug-likeness (QED) is 0.636. The van der Waals surface area contributed by atoms with Crippen LogP contribution < -0.4 is 5.32 Å². The summed E-state index contributed by atoms with van der Waals surface area (Å²) < 4.78 is 0. The second kappa shape index (κ2) is 9.64. The number of guanidine groups is 1. The van der Waals surface area contributed by atoms with E-state index < -0.39 is 0 Å². The summed E-state index contributed by atoms with van der Waals surface area (Å²) >= 11 is 0. The second-order valence-corrected chi connectivity index (χ2v) is 6.59. The minimum atomic E-state index is 0.519. The highest BCUT2D eigenvalue weighted by Crippen LogP contribution is 2.06. The zero-order chi connectivity index (χ0) is 17.4. The Labute approximate surface area is 147 Å². The van der Waals surface area contributed by atoms with Crippen LogP contribution in [-0.4, -0.2) is 80.1 Å². The predicted octanol–water partition coefficient (Wildman–Crippen LogP) is 1.72. The fourth-order valence-corrected chi connectivity index (χ4v) is 3.21. The van der Waals surface area contributed by atoms with Crippen molar-refractivity contribution in [3.05, 3.63) is 35.9 Å². The van der Waals surface area contributed by atoms with Crippen LogP contribution in [0, 0.1) is 0 Å². The largest absolute Gasteiger partial charge is 0.355 e. The molecule has 1 aliphatic heterocycles. The van der Waals surface area contributed by atoms with Crippen molar-refractivity contribution in [1.82, 2.24) is 20.0 Å². The van der Waals surface area contributed by atoms with E-state index in [0.29, 0.717) is 6.04 Å². The first-order valence-electron chi connectivity index (χ1n) is 9.06. The minimum absolute atomic E-state index is 0.519. The first-order valence-corrected chi connectivity index (χ1v) is 9.06. The standard InChI is InChI=1S/C19H33N5/c1-5-23-11-13-24(14-12-23)17(2)15-21-19(20-3)22(4)16-18-9-7-6-8-10-18/h6-10,17H,5,11-16H2,1-4H3,(H,20,21). The Morgan fingerprint density at radius 3 is 2.46 bits per heavy atom. The van der Waals surface area contributed by atoms with Crippen molar-refractivity contribution in [1.29, 1.82) is 0 Å². The fraction of sp³-hybridized carbons (Fsp3) is 0.632. The molecule has 1 unspecified atom stereocenters. The maximum Gasteiger partial charge on any atom is 0.193 e. The van der Waals surface area contributed by atoms with Gasteiger partial charge in [0, 0.05) is 59.4 Å². The Bertz CT molecular complexity index is 494. The van der Waals surface area contributed by atoms with E-state index in [1.807, 2.05) is 7.05 Å². The Morgan fingerprint density at radius 2 is 1.88 bits per heavy atom. The maximum atomic E-state index is 4.43. The highest BCUT2D eigenvalue weighted by molar-refractivity contribution is 5.79.